The van der Waals surface area contributed by atoms with E-state index in [4.69, 9.17) is 8.83 Å². The molecule has 0 aliphatic rings. The summed E-state index contributed by atoms with van der Waals surface area (Å²) >= 11 is 0. The zero-order chi connectivity index (χ0) is 21.5. The summed E-state index contributed by atoms with van der Waals surface area (Å²) in [4.78, 5) is 0. The smallest absolute Gasteiger partial charge is 0.335 e. The molecular weight excluding hydrogens is 432 g/mol. The van der Waals surface area contributed by atoms with Crippen molar-refractivity contribution in [3.63, 3.8) is 0 Å². The Morgan fingerprint density at radius 2 is 0.967 bits per heavy atom. The predicted molar refractivity (Wildman–Crippen MR) is 105 cm³/mol. The number of aromatic nitrogens is 4. The molecule has 2 aromatic heterocycles. The topological polar surface area (TPSA) is 146 Å². The molecule has 12 heteroatoms. The molecule has 0 bridgehead atoms. The lowest BCUT2D eigenvalue weighted by atomic mass is 10.0. The molecule has 2 heterocycles. The monoisotopic (exact) mass is 446 g/mol. The van der Waals surface area contributed by atoms with Crippen LogP contribution < -0.4 is 0 Å². The van der Waals surface area contributed by atoms with Gasteiger partial charge in [0, 0.05) is 23.6 Å². The van der Waals surface area contributed by atoms with E-state index in [1.54, 1.807) is 36.4 Å². The van der Waals surface area contributed by atoms with Gasteiger partial charge in [0.25, 0.3) is 0 Å². The fourth-order valence-electron chi connectivity index (χ4n) is 2.62. The molecular formula is C18H14N4O6S2. The molecule has 0 N–H and O–H groups in total. The van der Waals surface area contributed by atoms with Crippen molar-refractivity contribution < 1.29 is 25.7 Å². The number of hydrogen-bond acceptors (Lipinski definition) is 10. The minimum absolute atomic E-state index is 0.0723. The van der Waals surface area contributed by atoms with Crippen LogP contribution in [0.25, 0.3) is 34.0 Å². The minimum atomic E-state index is -3.60. The van der Waals surface area contributed by atoms with Crippen molar-refractivity contribution in [2.24, 2.45) is 0 Å². The molecule has 0 atom stereocenters. The molecule has 0 saturated carbocycles. The van der Waals surface area contributed by atoms with Crippen LogP contribution in [0.15, 0.2) is 67.8 Å². The van der Waals surface area contributed by atoms with Crippen molar-refractivity contribution in [2.75, 3.05) is 12.5 Å². The molecule has 4 rings (SSSR count). The molecule has 0 saturated heterocycles. The summed E-state index contributed by atoms with van der Waals surface area (Å²) in [5.74, 6) is 0.145. The predicted octanol–water partition coefficient (Wildman–Crippen LogP) is 2.26. The third-order valence-corrected chi connectivity index (χ3v) is 5.60. The number of nitrogens with zero attached hydrogens (tertiary/aromatic N) is 4. The van der Waals surface area contributed by atoms with Crippen LogP contribution in [0.3, 0.4) is 0 Å². The van der Waals surface area contributed by atoms with Gasteiger partial charge in [-0.25, -0.2) is 16.8 Å². The summed E-state index contributed by atoms with van der Waals surface area (Å²) < 4.78 is 56.7. The summed E-state index contributed by atoms with van der Waals surface area (Å²) in [5, 5.41) is 13.8. The highest BCUT2D eigenvalue weighted by Gasteiger charge is 2.19. The van der Waals surface area contributed by atoms with Gasteiger partial charge in [0.15, 0.2) is 0 Å². The van der Waals surface area contributed by atoms with E-state index in [2.05, 4.69) is 20.4 Å². The number of rotatable bonds is 5. The lowest BCUT2D eigenvalue weighted by molar-refractivity contribution is 0.442. The molecule has 0 fully saturated rings. The first-order chi connectivity index (χ1) is 14.1. The second kappa shape index (κ2) is 7.15. The first-order valence-electron chi connectivity index (χ1n) is 8.40. The van der Waals surface area contributed by atoms with Crippen LogP contribution in [-0.2, 0) is 19.7 Å². The van der Waals surface area contributed by atoms with E-state index in [1.807, 2.05) is 12.1 Å². The fourth-order valence-corrected chi connectivity index (χ4v) is 3.46. The molecule has 4 aromatic rings. The van der Waals surface area contributed by atoms with E-state index in [0.717, 1.165) is 23.6 Å². The summed E-state index contributed by atoms with van der Waals surface area (Å²) in [6, 6.07) is 14.1. The van der Waals surface area contributed by atoms with Crippen LogP contribution >= 0.6 is 0 Å². The number of sulfone groups is 2. The highest BCUT2D eigenvalue weighted by molar-refractivity contribution is 7.90. The van der Waals surface area contributed by atoms with Gasteiger partial charge in [-0.1, -0.05) is 34.5 Å². The zero-order valence-corrected chi connectivity index (χ0v) is 17.3. The molecule has 0 spiro atoms. The number of benzene rings is 2. The second-order valence-electron chi connectivity index (χ2n) is 6.45. The molecule has 0 amide bonds. The van der Waals surface area contributed by atoms with Crippen molar-refractivity contribution in [1.82, 2.24) is 20.4 Å². The Morgan fingerprint density at radius 3 is 1.30 bits per heavy atom. The van der Waals surface area contributed by atoms with Crippen molar-refractivity contribution in [3.05, 3.63) is 48.5 Å². The standard InChI is InChI=1S/C18H14N4O6S2/c1-29(23,24)17-21-19-15(27-17)13-7-3-5-11(9-13)12-6-4-8-14(10-12)16-20-22-18(28-16)30(2,25)26/h3-10H,1-2H3. The van der Waals surface area contributed by atoms with Gasteiger partial charge in [0.2, 0.25) is 31.5 Å². The van der Waals surface area contributed by atoms with Crippen molar-refractivity contribution in [1.29, 1.82) is 0 Å². The lowest BCUT2D eigenvalue weighted by Crippen LogP contribution is -1.96. The third-order valence-electron chi connectivity index (χ3n) is 4.00. The summed E-state index contributed by atoms with van der Waals surface area (Å²) in [6.07, 6.45) is 1.97. The van der Waals surface area contributed by atoms with E-state index in [9.17, 15) is 16.8 Å². The van der Waals surface area contributed by atoms with Gasteiger partial charge in [-0.3, -0.25) is 0 Å². The first kappa shape index (κ1) is 19.9. The molecule has 10 nitrogen and oxygen atoms in total. The van der Waals surface area contributed by atoms with E-state index < -0.39 is 30.1 Å². The van der Waals surface area contributed by atoms with Crippen LogP contribution in [0.5, 0.6) is 0 Å². The van der Waals surface area contributed by atoms with Gasteiger partial charge in [0.05, 0.1) is 0 Å². The molecule has 0 radical (unpaired) electrons. The summed E-state index contributed by atoms with van der Waals surface area (Å²) in [7, 11) is -7.21. The quantitative estimate of drug-likeness (QED) is 0.447. The Hall–Kier alpha value is -3.38. The Labute approximate surface area is 171 Å². The Morgan fingerprint density at radius 1 is 0.600 bits per heavy atom. The highest BCUT2D eigenvalue weighted by atomic mass is 32.2. The van der Waals surface area contributed by atoms with Gasteiger partial charge >= 0.3 is 10.4 Å². The maximum atomic E-state index is 11.5. The van der Waals surface area contributed by atoms with Crippen LogP contribution in [0.4, 0.5) is 0 Å². The van der Waals surface area contributed by atoms with Gasteiger partial charge in [-0.05, 0) is 35.4 Å². The average Bonchev–Trinajstić information content (AvgIpc) is 3.38. The van der Waals surface area contributed by atoms with Crippen molar-refractivity contribution >= 4 is 19.7 Å². The van der Waals surface area contributed by atoms with E-state index in [0.29, 0.717) is 11.1 Å². The normalized spacial score (nSPS) is 12.2. The zero-order valence-electron chi connectivity index (χ0n) is 15.7. The second-order valence-corrected chi connectivity index (χ2v) is 10.2. The third kappa shape index (κ3) is 4.00. The summed E-state index contributed by atoms with van der Waals surface area (Å²) in [5.41, 5.74) is 2.63. The minimum Gasteiger partial charge on any atom is -0.408 e. The maximum absolute atomic E-state index is 11.5. The average molecular weight is 446 g/mol. The molecule has 2 aromatic carbocycles. The molecule has 0 aliphatic heterocycles. The summed E-state index contributed by atoms with van der Waals surface area (Å²) in [6.45, 7) is 0. The van der Waals surface area contributed by atoms with E-state index in [-0.39, 0.29) is 11.8 Å². The van der Waals surface area contributed by atoms with Crippen LogP contribution in [0.1, 0.15) is 0 Å². The molecule has 0 aliphatic carbocycles. The van der Waals surface area contributed by atoms with Gasteiger partial charge in [0.1, 0.15) is 0 Å². The van der Waals surface area contributed by atoms with E-state index in [1.165, 1.54) is 0 Å². The fraction of sp³-hybridized carbons (Fsp3) is 0.111. The molecule has 154 valence electrons. The largest absolute Gasteiger partial charge is 0.408 e. The van der Waals surface area contributed by atoms with Crippen LogP contribution in [0.2, 0.25) is 0 Å². The van der Waals surface area contributed by atoms with Crippen molar-refractivity contribution in [2.45, 2.75) is 10.4 Å². The van der Waals surface area contributed by atoms with E-state index >= 15 is 0 Å². The van der Waals surface area contributed by atoms with Crippen molar-refractivity contribution in [3.8, 4) is 34.0 Å². The van der Waals surface area contributed by atoms with Gasteiger partial charge < -0.3 is 8.83 Å². The van der Waals surface area contributed by atoms with Crippen LogP contribution in [-0.4, -0.2) is 49.7 Å². The SMILES string of the molecule is CS(=O)(=O)c1nnc(-c2cccc(-c3cccc(-c4nnc(S(C)(=O)=O)o4)c3)c2)o1. The maximum Gasteiger partial charge on any atom is 0.335 e. The molecule has 0 unspecified atom stereocenters. The van der Waals surface area contributed by atoms with Crippen LogP contribution in [0, 0.1) is 0 Å². The Bertz CT molecular complexity index is 1340. The van der Waals surface area contributed by atoms with Gasteiger partial charge in [-0.15, -0.1) is 10.2 Å². The lowest BCUT2D eigenvalue weighted by Gasteiger charge is -2.05. The number of hydrogen-bond donors (Lipinski definition) is 0. The highest BCUT2D eigenvalue weighted by Crippen LogP contribution is 2.29. The Kier molecular flexibility index (Phi) is 4.74. The first-order valence-corrected chi connectivity index (χ1v) is 12.2. The Balaban J connectivity index is 1.70. The molecule has 30 heavy (non-hydrogen) atoms. The van der Waals surface area contributed by atoms with Gasteiger partial charge in [-0.2, -0.15) is 0 Å².